The van der Waals surface area contributed by atoms with Gasteiger partial charge >= 0.3 is 0 Å². The minimum absolute atomic E-state index is 0.0753. The van der Waals surface area contributed by atoms with Crippen molar-refractivity contribution in [1.82, 2.24) is 10.3 Å². The van der Waals surface area contributed by atoms with E-state index < -0.39 is 0 Å². The molecule has 126 valence electrons. The molecule has 2 aromatic rings. The normalized spacial score (nSPS) is 13.6. The molecular weight excluding hydrogens is 322 g/mol. The SMILES string of the molecule is Cc1ccc(C)c(NC(=O)Cc2nc(C)c(C(=O)NC3CC3)s2)c1. The monoisotopic (exact) mass is 343 g/mol. The topological polar surface area (TPSA) is 71.1 Å². The zero-order valence-electron chi connectivity index (χ0n) is 14.1. The van der Waals surface area contributed by atoms with Gasteiger partial charge in [0.15, 0.2) is 0 Å². The highest BCUT2D eigenvalue weighted by Gasteiger charge is 2.26. The Morgan fingerprint density at radius 2 is 2.00 bits per heavy atom. The van der Waals surface area contributed by atoms with Crippen LogP contribution in [0.4, 0.5) is 5.69 Å². The number of nitrogens with zero attached hydrogens (tertiary/aromatic N) is 1. The second kappa shape index (κ2) is 6.73. The number of carbonyl (C=O) groups excluding carboxylic acids is 2. The number of amides is 2. The molecule has 0 saturated heterocycles. The molecule has 0 radical (unpaired) electrons. The fourth-order valence-corrected chi connectivity index (χ4v) is 3.39. The summed E-state index contributed by atoms with van der Waals surface area (Å²) in [6.07, 6.45) is 2.28. The lowest BCUT2D eigenvalue weighted by molar-refractivity contribution is -0.115. The molecule has 2 N–H and O–H groups in total. The third-order valence-corrected chi connectivity index (χ3v) is 5.09. The number of rotatable bonds is 5. The molecule has 24 heavy (non-hydrogen) atoms. The first-order valence-electron chi connectivity index (χ1n) is 8.06. The summed E-state index contributed by atoms with van der Waals surface area (Å²) < 4.78 is 0. The van der Waals surface area contributed by atoms with Crippen molar-refractivity contribution in [2.24, 2.45) is 0 Å². The Hall–Kier alpha value is -2.21. The molecule has 0 aliphatic heterocycles. The molecule has 1 aromatic heterocycles. The third-order valence-electron chi connectivity index (χ3n) is 3.94. The maximum absolute atomic E-state index is 12.3. The highest BCUT2D eigenvalue weighted by molar-refractivity contribution is 7.13. The Labute approximate surface area is 145 Å². The minimum Gasteiger partial charge on any atom is -0.349 e. The summed E-state index contributed by atoms with van der Waals surface area (Å²) in [5.74, 6) is -0.194. The number of benzene rings is 1. The molecule has 1 fully saturated rings. The highest BCUT2D eigenvalue weighted by atomic mass is 32.1. The lowest BCUT2D eigenvalue weighted by Crippen LogP contribution is -2.25. The largest absolute Gasteiger partial charge is 0.349 e. The Balaban J connectivity index is 1.66. The molecule has 1 aliphatic rings. The zero-order valence-corrected chi connectivity index (χ0v) is 14.9. The van der Waals surface area contributed by atoms with Gasteiger partial charge in [-0.05, 0) is 50.8 Å². The molecule has 2 amide bonds. The fraction of sp³-hybridized carbons (Fsp3) is 0.389. The lowest BCUT2D eigenvalue weighted by Gasteiger charge is -2.08. The summed E-state index contributed by atoms with van der Waals surface area (Å²) in [4.78, 5) is 29.4. The van der Waals surface area contributed by atoms with E-state index in [4.69, 9.17) is 0 Å². The number of hydrogen-bond donors (Lipinski definition) is 2. The average molecular weight is 343 g/mol. The first kappa shape index (κ1) is 16.6. The Morgan fingerprint density at radius 1 is 1.25 bits per heavy atom. The summed E-state index contributed by atoms with van der Waals surface area (Å²) in [6.45, 7) is 5.76. The van der Waals surface area contributed by atoms with Crippen LogP contribution in [0.2, 0.25) is 0 Å². The molecule has 6 heteroatoms. The molecule has 1 saturated carbocycles. The van der Waals surface area contributed by atoms with Gasteiger partial charge in [0.2, 0.25) is 5.91 Å². The van der Waals surface area contributed by atoms with Crippen LogP contribution in [-0.4, -0.2) is 22.8 Å². The average Bonchev–Trinajstić information content (AvgIpc) is 3.24. The minimum atomic E-state index is -0.119. The fourth-order valence-electron chi connectivity index (χ4n) is 2.42. The van der Waals surface area contributed by atoms with Crippen LogP contribution in [0, 0.1) is 20.8 Å². The standard InChI is InChI=1S/C18H21N3O2S/c1-10-4-5-11(2)14(8-10)21-15(22)9-16-19-12(3)17(24-16)18(23)20-13-6-7-13/h4-5,8,13H,6-7,9H2,1-3H3,(H,20,23)(H,21,22). The summed E-state index contributed by atoms with van der Waals surface area (Å²) in [5, 5.41) is 6.55. The van der Waals surface area contributed by atoms with Crippen molar-refractivity contribution in [3.05, 3.63) is 44.9 Å². The first-order valence-corrected chi connectivity index (χ1v) is 8.88. The maximum Gasteiger partial charge on any atom is 0.263 e. The van der Waals surface area contributed by atoms with Crippen LogP contribution in [0.15, 0.2) is 18.2 Å². The van der Waals surface area contributed by atoms with E-state index >= 15 is 0 Å². The zero-order chi connectivity index (χ0) is 17.3. The number of carbonyl (C=O) groups is 2. The van der Waals surface area contributed by atoms with Crippen LogP contribution in [0.1, 0.15) is 44.3 Å². The second-order valence-electron chi connectivity index (χ2n) is 6.31. The smallest absolute Gasteiger partial charge is 0.263 e. The van der Waals surface area contributed by atoms with Crippen LogP contribution in [0.3, 0.4) is 0 Å². The molecule has 1 aliphatic carbocycles. The van der Waals surface area contributed by atoms with Crippen LogP contribution in [-0.2, 0) is 11.2 Å². The quantitative estimate of drug-likeness (QED) is 0.876. The number of nitrogens with one attached hydrogen (secondary N) is 2. The number of aromatic nitrogens is 1. The molecule has 0 unspecified atom stereocenters. The van der Waals surface area contributed by atoms with Crippen molar-refractivity contribution in [3.8, 4) is 0 Å². The number of aryl methyl sites for hydroxylation is 3. The van der Waals surface area contributed by atoms with E-state index in [-0.39, 0.29) is 18.2 Å². The van der Waals surface area contributed by atoms with Gasteiger partial charge in [0.1, 0.15) is 9.88 Å². The molecule has 5 nitrogen and oxygen atoms in total. The van der Waals surface area contributed by atoms with Gasteiger partial charge in [-0.2, -0.15) is 0 Å². The molecule has 1 heterocycles. The molecule has 0 atom stereocenters. The van der Waals surface area contributed by atoms with Crippen LogP contribution >= 0.6 is 11.3 Å². The first-order chi connectivity index (χ1) is 11.4. The summed E-state index contributed by atoms with van der Waals surface area (Å²) in [6, 6.07) is 6.27. The van der Waals surface area contributed by atoms with Crippen LogP contribution in [0.5, 0.6) is 0 Å². The van der Waals surface area contributed by atoms with Crippen molar-refractivity contribution >= 4 is 28.8 Å². The Morgan fingerprint density at radius 3 is 2.71 bits per heavy atom. The van der Waals surface area contributed by atoms with Crippen molar-refractivity contribution in [2.45, 2.75) is 46.1 Å². The van der Waals surface area contributed by atoms with E-state index in [1.807, 2.05) is 39.0 Å². The predicted molar refractivity (Wildman–Crippen MR) is 95.6 cm³/mol. The van der Waals surface area contributed by atoms with Crippen molar-refractivity contribution in [2.75, 3.05) is 5.32 Å². The Kier molecular flexibility index (Phi) is 4.66. The van der Waals surface area contributed by atoms with Gasteiger partial charge in [-0.3, -0.25) is 9.59 Å². The number of thiazole rings is 1. The van der Waals surface area contributed by atoms with E-state index in [1.165, 1.54) is 11.3 Å². The van der Waals surface area contributed by atoms with E-state index in [2.05, 4.69) is 15.6 Å². The molecule has 3 rings (SSSR count). The van der Waals surface area contributed by atoms with Crippen molar-refractivity contribution < 1.29 is 9.59 Å². The van der Waals surface area contributed by atoms with Crippen molar-refractivity contribution in [3.63, 3.8) is 0 Å². The van der Waals surface area contributed by atoms with Gasteiger partial charge in [-0.1, -0.05) is 12.1 Å². The highest BCUT2D eigenvalue weighted by Crippen LogP contribution is 2.23. The van der Waals surface area contributed by atoms with Gasteiger partial charge in [-0.15, -0.1) is 11.3 Å². The van der Waals surface area contributed by atoms with Gasteiger partial charge in [0.25, 0.3) is 5.91 Å². The van der Waals surface area contributed by atoms with Crippen LogP contribution < -0.4 is 10.6 Å². The van der Waals surface area contributed by atoms with E-state index in [1.54, 1.807) is 0 Å². The molecular formula is C18H21N3O2S. The van der Waals surface area contributed by atoms with Gasteiger partial charge in [0.05, 0.1) is 12.1 Å². The summed E-state index contributed by atoms with van der Waals surface area (Å²) in [5.41, 5.74) is 3.63. The number of anilines is 1. The Bertz CT molecular complexity index is 794. The third kappa shape index (κ3) is 4.00. The van der Waals surface area contributed by atoms with Crippen molar-refractivity contribution in [1.29, 1.82) is 0 Å². The predicted octanol–water partition coefficient (Wildman–Crippen LogP) is 3.14. The van der Waals surface area contributed by atoms with Gasteiger partial charge < -0.3 is 10.6 Å². The molecule has 1 aromatic carbocycles. The summed E-state index contributed by atoms with van der Waals surface area (Å²) >= 11 is 1.30. The van der Waals surface area contributed by atoms with Gasteiger partial charge in [-0.25, -0.2) is 4.98 Å². The number of hydrogen-bond acceptors (Lipinski definition) is 4. The van der Waals surface area contributed by atoms with Gasteiger partial charge in [0, 0.05) is 11.7 Å². The van der Waals surface area contributed by atoms with E-state index in [9.17, 15) is 9.59 Å². The second-order valence-corrected chi connectivity index (χ2v) is 7.40. The van der Waals surface area contributed by atoms with E-state index in [0.29, 0.717) is 21.6 Å². The van der Waals surface area contributed by atoms with E-state index in [0.717, 1.165) is 29.7 Å². The summed E-state index contributed by atoms with van der Waals surface area (Å²) in [7, 11) is 0. The molecule has 0 bridgehead atoms. The lowest BCUT2D eigenvalue weighted by atomic mass is 10.1. The maximum atomic E-state index is 12.3. The molecule has 0 spiro atoms. The van der Waals surface area contributed by atoms with Crippen LogP contribution in [0.25, 0.3) is 0 Å².